The third kappa shape index (κ3) is 4.24. The second kappa shape index (κ2) is 8.18. The van der Waals surface area contributed by atoms with E-state index >= 15 is 0 Å². The molecule has 7 heteroatoms. The predicted molar refractivity (Wildman–Crippen MR) is 96.6 cm³/mol. The number of nitrogens with zero attached hydrogens (tertiary/aromatic N) is 2. The summed E-state index contributed by atoms with van der Waals surface area (Å²) < 4.78 is 14.4. The van der Waals surface area contributed by atoms with Crippen LogP contribution in [-0.4, -0.2) is 52.2 Å². The van der Waals surface area contributed by atoms with Crippen molar-refractivity contribution in [3.8, 4) is 0 Å². The van der Waals surface area contributed by atoms with Gasteiger partial charge in [-0.15, -0.1) is 0 Å². The Kier molecular flexibility index (Phi) is 5.94. The smallest absolute Gasteiger partial charge is 0.274 e. The summed E-state index contributed by atoms with van der Waals surface area (Å²) in [6.45, 7) is 5.02. The maximum absolute atomic E-state index is 14.4. The van der Waals surface area contributed by atoms with Gasteiger partial charge in [-0.05, 0) is 37.2 Å². The molecule has 0 radical (unpaired) electrons. The van der Waals surface area contributed by atoms with E-state index < -0.39 is 12.1 Å². The Bertz CT molecular complexity index is 639. The lowest BCUT2D eigenvalue weighted by molar-refractivity contribution is -0.129. The van der Waals surface area contributed by atoms with E-state index in [9.17, 15) is 14.0 Å². The van der Waals surface area contributed by atoms with Crippen molar-refractivity contribution in [2.45, 2.75) is 70.5 Å². The molecule has 1 aliphatic carbocycles. The first-order valence-electron chi connectivity index (χ1n) is 9.74. The van der Waals surface area contributed by atoms with Gasteiger partial charge in [-0.1, -0.05) is 33.1 Å². The molecule has 1 saturated carbocycles. The zero-order valence-corrected chi connectivity index (χ0v) is 15.6. The highest BCUT2D eigenvalue weighted by Gasteiger charge is 2.34. The van der Waals surface area contributed by atoms with Crippen molar-refractivity contribution < 1.29 is 14.0 Å². The molecule has 1 saturated heterocycles. The lowest BCUT2D eigenvalue weighted by atomic mass is 9.85. The van der Waals surface area contributed by atoms with Crippen LogP contribution in [0.1, 0.15) is 74.5 Å². The van der Waals surface area contributed by atoms with Gasteiger partial charge in [0, 0.05) is 24.8 Å². The molecule has 2 aliphatic rings. The Hall–Kier alpha value is -1.92. The van der Waals surface area contributed by atoms with E-state index in [1.807, 2.05) is 13.8 Å². The van der Waals surface area contributed by atoms with Crippen LogP contribution in [0.25, 0.3) is 0 Å². The van der Waals surface area contributed by atoms with Crippen LogP contribution in [0.2, 0.25) is 0 Å². The van der Waals surface area contributed by atoms with Gasteiger partial charge < -0.3 is 10.2 Å². The quantitative estimate of drug-likeness (QED) is 0.843. The van der Waals surface area contributed by atoms with E-state index in [0.29, 0.717) is 25.2 Å². The van der Waals surface area contributed by atoms with Crippen molar-refractivity contribution >= 4 is 11.8 Å². The normalized spacial score (nSPS) is 22.6. The average Bonchev–Trinajstić information content (AvgIpc) is 3.31. The molecule has 2 unspecified atom stereocenters. The van der Waals surface area contributed by atoms with Crippen LogP contribution >= 0.6 is 0 Å². The topological polar surface area (TPSA) is 78.1 Å². The van der Waals surface area contributed by atoms with Gasteiger partial charge in [0.1, 0.15) is 5.69 Å². The Labute approximate surface area is 153 Å². The molecule has 0 aromatic carbocycles. The molecule has 26 heavy (non-hydrogen) atoms. The number of carbonyl (C=O) groups excluding carboxylic acids is 2. The number of likely N-dealkylation sites (tertiary alicyclic amines) is 1. The first-order chi connectivity index (χ1) is 12.5. The van der Waals surface area contributed by atoms with Crippen LogP contribution in [0.4, 0.5) is 4.39 Å². The van der Waals surface area contributed by atoms with Crippen molar-refractivity contribution in [2.75, 3.05) is 13.1 Å². The monoisotopic (exact) mass is 364 g/mol. The lowest BCUT2D eigenvalue weighted by Gasteiger charge is -2.25. The molecular weight excluding hydrogens is 335 g/mol. The van der Waals surface area contributed by atoms with Gasteiger partial charge in [-0.25, -0.2) is 4.39 Å². The maximum atomic E-state index is 14.4. The van der Waals surface area contributed by atoms with E-state index in [4.69, 9.17) is 0 Å². The summed E-state index contributed by atoms with van der Waals surface area (Å²) in [6, 6.07) is 1.59. The van der Waals surface area contributed by atoms with Crippen LogP contribution in [0.5, 0.6) is 0 Å². The van der Waals surface area contributed by atoms with Crippen molar-refractivity contribution in [2.24, 2.45) is 5.92 Å². The Balaban J connectivity index is 1.51. The van der Waals surface area contributed by atoms with Crippen LogP contribution in [0, 0.1) is 5.92 Å². The number of amides is 2. The van der Waals surface area contributed by atoms with Gasteiger partial charge in [0.2, 0.25) is 0 Å². The van der Waals surface area contributed by atoms with Crippen molar-refractivity contribution in [3.05, 3.63) is 17.5 Å². The van der Waals surface area contributed by atoms with E-state index in [1.165, 1.54) is 0 Å². The van der Waals surface area contributed by atoms with Gasteiger partial charge in [-0.2, -0.15) is 5.10 Å². The number of alkyl halides is 1. The number of hydrogen-bond donors (Lipinski definition) is 2. The van der Waals surface area contributed by atoms with E-state index in [-0.39, 0.29) is 23.8 Å². The number of halogens is 1. The third-order valence-corrected chi connectivity index (χ3v) is 5.57. The largest absolute Gasteiger partial charge is 0.349 e. The summed E-state index contributed by atoms with van der Waals surface area (Å²) >= 11 is 0. The van der Waals surface area contributed by atoms with E-state index in [1.54, 1.807) is 11.0 Å². The highest BCUT2D eigenvalue weighted by molar-refractivity contribution is 5.92. The molecule has 2 amide bonds. The highest BCUT2D eigenvalue weighted by atomic mass is 19.1. The standard InChI is InChI=1S/C19H29FN4O2/c1-12(2)15-10-16(23-22-15)19(26)24-9-8-14(11-24)21-18(25)17(20)13-6-4-3-5-7-13/h10,12-14,17H,3-9,11H2,1-2H3,(H,21,25)(H,22,23). The first-order valence-corrected chi connectivity index (χ1v) is 9.74. The molecule has 1 aliphatic heterocycles. The number of aromatic amines is 1. The second-order valence-electron chi connectivity index (χ2n) is 7.91. The van der Waals surface area contributed by atoms with E-state index in [0.717, 1.165) is 37.8 Å². The molecule has 2 N–H and O–H groups in total. The first kappa shape index (κ1) is 18.9. The van der Waals surface area contributed by atoms with Crippen LogP contribution in [0.3, 0.4) is 0 Å². The van der Waals surface area contributed by atoms with Crippen LogP contribution in [-0.2, 0) is 4.79 Å². The minimum Gasteiger partial charge on any atom is -0.349 e. The SMILES string of the molecule is CC(C)c1cc(C(=O)N2CCC(NC(=O)C(F)C3CCCCC3)C2)n[nH]1. The summed E-state index contributed by atoms with van der Waals surface area (Å²) in [6.07, 6.45) is 3.95. The van der Waals surface area contributed by atoms with Crippen molar-refractivity contribution in [1.29, 1.82) is 0 Å². The Morgan fingerprint density at radius 2 is 2.00 bits per heavy atom. The number of carbonyl (C=O) groups is 2. The van der Waals surface area contributed by atoms with Crippen LogP contribution in [0.15, 0.2) is 6.07 Å². The lowest BCUT2D eigenvalue weighted by Crippen LogP contribution is -2.44. The predicted octanol–water partition coefficient (Wildman–Crippen LogP) is 2.78. The fraction of sp³-hybridized carbons (Fsp3) is 0.737. The highest BCUT2D eigenvalue weighted by Crippen LogP contribution is 2.28. The van der Waals surface area contributed by atoms with Gasteiger partial charge in [-0.3, -0.25) is 14.7 Å². The number of H-pyrrole nitrogens is 1. The number of hydrogen-bond acceptors (Lipinski definition) is 3. The zero-order chi connectivity index (χ0) is 18.7. The molecule has 6 nitrogen and oxygen atoms in total. The van der Waals surface area contributed by atoms with Gasteiger partial charge in [0.05, 0.1) is 0 Å². The summed E-state index contributed by atoms with van der Waals surface area (Å²) in [4.78, 5) is 26.4. The number of aromatic nitrogens is 2. The Morgan fingerprint density at radius 3 is 2.65 bits per heavy atom. The van der Waals surface area contributed by atoms with Gasteiger partial charge >= 0.3 is 0 Å². The molecule has 2 fully saturated rings. The van der Waals surface area contributed by atoms with Crippen LogP contribution < -0.4 is 5.32 Å². The number of nitrogens with one attached hydrogen (secondary N) is 2. The van der Waals surface area contributed by atoms with Gasteiger partial charge in [0.25, 0.3) is 11.8 Å². The molecule has 2 atom stereocenters. The zero-order valence-electron chi connectivity index (χ0n) is 15.6. The fourth-order valence-electron chi connectivity index (χ4n) is 3.89. The minimum atomic E-state index is -1.43. The van der Waals surface area contributed by atoms with E-state index in [2.05, 4.69) is 15.5 Å². The molecule has 3 rings (SSSR count). The molecule has 144 valence electrons. The number of rotatable bonds is 5. The van der Waals surface area contributed by atoms with Crippen molar-refractivity contribution in [1.82, 2.24) is 20.4 Å². The second-order valence-corrected chi connectivity index (χ2v) is 7.91. The average molecular weight is 364 g/mol. The summed E-state index contributed by atoms with van der Waals surface area (Å²) in [7, 11) is 0. The minimum absolute atomic E-state index is 0.144. The maximum Gasteiger partial charge on any atom is 0.274 e. The molecule has 0 spiro atoms. The molecule has 0 bridgehead atoms. The molecular formula is C19H29FN4O2. The van der Waals surface area contributed by atoms with Gasteiger partial charge in [0.15, 0.2) is 6.17 Å². The van der Waals surface area contributed by atoms with Crippen molar-refractivity contribution in [3.63, 3.8) is 0 Å². The molecule has 2 heterocycles. The fourth-order valence-corrected chi connectivity index (χ4v) is 3.89. The summed E-state index contributed by atoms with van der Waals surface area (Å²) in [5.41, 5.74) is 1.32. The third-order valence-electron chi connectivity index (χ3n) is 5.57. The molecule has 1 aromatic rings. The molecule has 1 aromatic heterocycles. The summed E-state index contributed by atoms with van der Waals surface area (Å²) in [5.74, 6) is -0.538. The Morgan fingerprint density at radius 1 is 1.27 bits per heavy atom. The summed E-state index contributed by atoms with van der Waals surface area (Å²) in [5, 5.41) is 9.78.